The molecule has 1 nitrogen and oxygen atoms in total. The molecule has 0 aliphatic heterocycles. The molecule has 2 fully saturated rings. The number of benzene rings is 3. The quantitative estimate of drug-likeness (QED) is 0.157. The van der Waals surface area contributed by atoms with Gasteiger partial charge in [-0.1, -0.05) is 161 Å². The second-order valence-corrected chi connectivity index (χ2v) is 18.5. The summed E-state index contributed by atoms with van der Waals surface area (Å²) < 4.78 is 0. The molecule has 0 heterocycles. The first kappa shape index (κ1) is 39.3. The molecular weight excluding hydrogens is 613 g/mol. The Morgan fingerprint density at radius 2 is 0.961 bits per heavy atom. The van der Waals surface area contributed by atoms with Crippen LogP contribution in [0.1, 0.15) is 186 Å². The number of rotatable bonds is 11. The Labute approximate surface area is 314 Å². The van der Waals surface area contributed by atoms with E-state index in [-0.39, 0.29) is 5.41 Å². The van der Waals surface area contributed by atoms with Crippen molar-refractivity contribution in [2.24, 2.45) is 11.3 Å². The Kier molecular flexibility index (Phi) is 13.3. The van der Waals surface area contributed by atoms with E-state index in [2.05, 4.69) is 148 Å². The lowest BCUT2D eigenvalue weighted by atomic mass is 9.32. The predicted octanol–water partition coefficient (Wildman–Crippen LogP) is 14.8. The van der Waals surface area contributed by atoms with Crippen LogP contribution in [-0.2, 0) is 0 Å². The molecule has 3 aromatic carbocycles. The van der Waals surface area contributed by atoms with E-state index in [9.17, 15) is 0 Å². The minimum Gasteiger partial charge on any atom is -0.387 e. The normalized spacial score (nSPS) is 16.8. The molecule has 0 bridgehead atoms. The van der Waals surface area contributed by atoms with Gasteiger partial charge in [0.15, 0.2) is 0 Å². The third-order valence-electron chi connectivity index (χ3n) is 12.0. The van der Waals surface area contributed by atoms with Gasteiger partial charge < -0.3 is 5.32 Å². The van der Waals surface area contributed by atoms with Gasteiger partial charge in [0.05, 0.1) is 0 Å². The first-order valence-corrected chi connectivity index (χ1v) is 21.0. The fourth-order valence-electron chi connectivity index (χ4n) is 9.30. The van der Waals surface area contributed by atoms with Crippen LogP contribution < -0.4 is 5.32 Å². The number of hydrogen-bond acceptors (Lipinski definition) is 1. The molecule has 1 unspecified atom stereocenters. The lowest BCUT2D eigenvalue weighted by Crippen LogP contribution is -2.47. The van der Waals surface area contributed by atoms with Crippen molar-refractivity contribution in [3.63, 3.8) is 0 Å². The molecule has 2 saturated carbocycles. The minimum absolute atomic E-state index is 0.0160. The molecule has 0 amide bonds. The van der Waals surface area contributed by atoms with Crippen LogP contribution in [0.15, 0.2) is 54.6 Å². The lowest BCUT2D eigenvalue weighted by molar-refractivity contribution is 0.351. The van der Waals surface area contributed by atoms with E-state index in [1.807, 2.05) is 0 Å². The van der Waals surface area contributed by atoms with Crippen LogP contribution in [0.3, 0.4) is 0 Å². The Bertz CT molecular complexity index is 1510. The Hall–Kier alpha value is -2.92. The number of anilines is 1. The van der Waals surface area contributed by atoms with E-state index < -0.39 is 0 Å². The second-order valence-electron chi connectivity index (χ2n) is 18.5. The first-order chi connectivity index (χ1) is 24.3. The topological polar surface area (TPSA) is 12.0 Å². The standard InChI is InChI=1S/C49H70BN/c1-33(2)39-25-18-26-40(34(3)4)45(39)43-29-20-30-44(46-41(35(5)6)27-19-28-42(46)36(7)8)47(43)51-48(37-21-14-12-15-22-37)50(32-31-49(9,10)11)38-23-16-13-17-24-38/h18-20,25-30,33-38,48,51H,12-17,21-24H2,1-11H3. The van der Waals surface area contributed by atoms with Crippen LogP contribution in [0.5, 0.6) is 0 Å². The molecule has 2 aliphatic rings. The number of nitrogens with one attached hydrogen (secondary N) is 1. The third kappa shape index (κ3) is 9.37. The van der Waals surface area contributed by atoms with Gasteiger partial charge in [0.1, 0.15) is 0 Å². The van der Waals surface area contributed by atoms with E-state index in [0.29, 0.717) is 48.1 Å². The van der Waals surface area contributed by atoms with Gasteiger partial charge in [0.2, 0.25) is 0 Å². The Morgan fingerprint density at radius 3 is 1.35 bits per heavy atom. The molecule has 2 aliphatic carbocycles. The number of para-hydroxylation sites is 1. The maximum absolute atomic E-state index is 4.58. The highest BCUT2D eigenvalue weighted by Gasteiger charge is 2.39. The molecule has 0 aromatic heterocycles. The van der Waals surface area contributed by atoms with Gasteiger partial charge in [0, 0.05) is 28.2 Å². The van der Waals surface area contributed by atoms with Crippen molar-refractivity contribution < 1.29 is 0 Å². The monoisotopic (exact) mass is 684 g/mol. The molecule has 5 rings (SSSR count). The SMILES string of the molecule is CC(C)c1cccc(C(C)C)c1-c1cccc(-c2c(C(C)C)cccc2C(C)C)c1NC(B(C#CC(C)(C)C)C1CCCCC1)C1CCCCC1. The summed E-state index contributed by atoms with van der Waals surface area (Å²) >= 11 is 0. The summed E-state index contributed by atoms with van der Waals surface area (Å²) in [6.07, 6.45) is 13.3. The second kappa shape index (κ2) is 17.3. The molecule has 0 saturated heterocycles. The maximum Gasteiger partial charge on any atom is 0.258 e. The summed E-state index contributed by atoms with van der Waals surface area (Å²) in [6.45, 7) is 26.2. The van der Waals surface area contributed by atoms with Crippen LogP contribution in [0, 0.1) is 23.1 Å². The van der Waals surface area contributed by atoms with Crippen molar-refractivity contribution in [2.75, 3.05) is 5.32 Å². The van der Waals surface area contributed by atoms with E-state index in [1.54, 1.807) is 0 Å². The summed E-state index contributed by atoms with van der Waals surface area (Å²) in [5.41, 5.74) is 12.8. The molecular formula is C49H70BN. The van der Waals surface area contributed by atoms with E-state index >= 15 is 0 Å². The van der Waals surface area contributed by atoms with Crippen molar-refractivity contribution in [1.82, 2.24) is 0 Å². The van der Waals surface area contributed by atoms with E-state index in [4.69, 9.17) is 0 Å². The van der Waals surface area contributed by atoms with Crippen LogP contribution in [0.2, 0.25) is 5.82 Å². The van der Waals surface area contributed by atoms with Crippen molar-refractivity contribution in [3.05, 3.63) is 76.9 Å². The highest BCUT2D eigenvalue weighted by atomic mass is 14.9. The molecule has 274 valence electrons. The van der Waals surface area contributed by atoms with Crippen LogP contribution in [0.25, 0.3) is 22.3 Å². The summed E-state index contributed by atoms with van der Waals surface area (Å²) in [6, 6.07) is 21.4. The summed E-state index contributed by atoms with van der Waals surface area (Å²) in [4.78, 5) is 0. The van der Waals surface area contributed by atoms with Crippen molar-refractivity contribution >= 4 is 12.4 Å². The molecule has 2 heteroatoms. The fraction of sp³-hybridized carbons (Fsp3) is 0.592. The molecule has 3 aromatic rings. The molecule has 1 N–H and O–H groups in total. The zero-order valence-electron chi connectivity index (χ0n) is 34.4. The summed E-state index contributed by atoms with van der Waals surface area (Å²) in [5, 5.41) is 4.58. The van der Waals surface area contributed by atoms with Gasteiger partial charge in [-0.25, -0.2) is 0 Å². The largest absolute Gasteiger partial charge is 0.387 e. The van der Waals surface area contributed by atoms with E-state index in [0.717, 1.165) is 0 Å². The average Bonchev–Trinajstić information content (AvgIpc) is 3.10. The van der Waals surface area contributed by atoms with Crippen LogP contribution >= 0.6 is 0 Å². The summed E-state index contributed by atoms with van der Waals surface area (Å²) in [5.74, 6) is 11.2. The van der Waals surface area contributed by atoms with Gasteiger partial charge in [-0.05, 0) is 102 Å². The van der Waals surface area contributed by atoms with Gasteiger partial charge in [-0.2, -0.15) is 5.82 Å². The zero-order chi connectivity index (χ0) is 36.9. The van der Waals surface area contributed by atoms with Crippen molar-refractivity contribution in [1.29, 1.82) is 0 Å². The van der Waals surface area contributed by atoms with Gasteiger partial charge in [0.25, 0.3) is 6.71 Å². The zero-order valence-corrected chi connectivity index (χ0v) is 34.4. The molecule has 51 heavy (non-hydrogen) atoms. The van der Waals surface area contributed by atoms with Crippen LogP contribution in [-0.4, -0.2) is 12.7 Å². The Balaban J connectivity index is 1.87. The summed E-state index contributed by atoms with van der Waals surface area (Å²) in [7, 11) is 0. The lowest BCUT2D eigenvalue weighted by Gasteiger charge is -2.39. The Morgan fingerprint density at radius 1 is 0.569 bits per heavy atom. The smallest absolute Gasteiger partial charge is 0.258 e. The first-order valence-electron chi connectivity index (χ1n) is 21.0. The maximum atomic E-state index is 4.58. The third-order valence-corrected chi connectivity index (χ3v) is 12.0. The highest BCUT2D eigenvalue weighted by molar-refractivity contribution is 6.71. The number of hydrogen-bond donors (Lipinski definition) is 1. The van der Waals surface area contributed by atoms with Crippen LogP contribution in [0.4, 0.5) is 5.69 Å². The van der Waals surface area contributed by atoms with Crippen molar-refractivity contribution in [3.8, 4) is 34.0 Å². The van der Waals surface area contributed by atoms with Gasteiger partial charge in [-0.3, -0.25) is 0 Å². The average molecular weight is 684 g/mol. The van der Waals surface area contributed by atoms with Crippen molar-refractivity contribution in [2.45, 2.75) is 176 Å². The molecule has 1 atom stereocenters. The highest BCUT2D eigenvalue weighted by Crippen LogP contribution is 2.48. The van der Waals surface area contributed by atoms with Gasteiger partial charge >= 0.3 is 0 Å². The fourth-order valence-corrected chi connectivity index (χ4v) is 9.30. The minimum atomic E-state index is -0.0160. The van der Waals surface area contributed by atoms with E-state index in [1.165, 1.54) is 114 Å². The predicted molar refractivity (Wildman–Crippen MR) is 227 cm³/mol. The molecule has 0 radical (unpaired) electrons. The van der Waals surface area contributed by atoms with Gasteiger partial charge in [-0.15, -0.1) is 5.92 Å². The molecule has 0 spiro atoms.